The number of hydrogen-bond donors (Lipinski definition) is 0. The third kappa shape index (κ3) is 3.61. The minimum atomic E-state index is -0.358. The Bertz CT molecular complexity index is 1130. The molecule has 0 unspecified atom stereocenters. The van der Waals surface area contributed by atoms with Gasteiger partial charge in [-0.15, -0.1) is 0 Å². The standard InChI is InChI=1S/C19H11BrCl2FN2O/c20-13-5-12(19-24-17-6-14(21)2-4-18(17)26-19)9-25(10-13)8-11-1-3-15(23)7-16(11)22/h1-7,9-10H,8H2/q+1. The fourth-order valence-corrected chi connectivity index (χ4v) is 3.58. The van der Waals surface area contributed by atoms with Crippen LogP contribution < -0.4 is 4.57 Å². The Morgan fingerprint density at radius 1 is 1.08 bits per heavy atom. The molecular weight excluding hydrogens is 442 g/mol. The van der Waals surface area contributed by atoms with E-state index in [0.29, 0.717) is 33.6 Å². The minimum absolute atomic E-state index is 0.358. The highest BCUT2D eigenvalue weighted by atomic mass is 79.9. The SMILES string of the molecule is Fc1ccc(C[n+]2cc(Br)cc(-c3nc4cc(Cl)ccc4o3)c2)c(Cl)c1. The summed E-state index contributed by atoms with van der Waals surface area (Å²) < 4.78 is 21.9. The summed E-state index contributed by atoms with van der Waals surface area (Å²) in [7, 11) is 0. The first kappa shape index (κ1) is 17.5. The summed E-state index contributed by atoms with van der Waals surface area (Å²) in [5.74, 6) is 0.131. The maximum atomic E-state index is 13.2. The number of aromatic nitrogens is 2. The summed E-state index contributed by atoms with van der Waals surface area (Å²) in [5.41, 5.74) is 2.97. The van der Waals surface area contributed by atoms with Gasteiger partial charge in [-0.25, -0.2) is 9.37 Å². The highest BCUT2D eigenvalue weighted by Gasteiger charge is 2.16. The highest BCUT2D eigenvalue weighted by Crippen LogP contribution is 2.27. The van der Waals surface area contributed by atoms with Crippen molar-refractivity contribution in [1.82, 2.24) is 4.98 Å². The van der Waals surface area contributed by atoms with Crippen LogP contribution in [-0.2, 0) is 6.54 Å². The van der Waals surface area contributed by atoms with E-state index >= 15 is 0 Å². The van der Waals surface area contributed by atoms with E-state index in [1.54, 1.807) is 24.3 Å². The summed E-state index contributed by atoms with van der Waals surface area (Å²) in [6.45, 7) is 0.484. The molecule has 0 bridgehead atoms. The first-order chi connectivity index (χ1) is 12.5. The number of benzene rings is 2. The Balaban J connectivity index is 1.73. The van der Waals surface area contributed by atoms with Gasteiger partial charge < -0.3 is 4.42 Å². The van der Waals surface area contributed by atoms with Crippen LogP contribution >= 0.6 is 39.1 Å². The van der Waals surface area contributed by atoms with Crippen molar-refractivity contribution in [2.75, 3.05) is 0 Å². The molecule has 2 aromatic heterocycles. The fourth-order valence-electron chi connectivity index (χ4n) is 2.68. The van der Waals surface area contributed by atoms with Gasteiger partial charge in [-0.3, -0.25) is 0 Å². The van der Waals surface area contributed by atoms with Crippen LogP contribution in [0.25, 0.3) is 22.6 Å². The van der Waals surface area contributed by atoms with Crippen LogP contribution in [0, 0.1) is 5.82 Å². The molecular formula is C19H11BrCl2FN2O+. The van der Waals surface area contributed by atoms with E-state index in [2.05, 4.69) is 20.9 Å². The van der Waals surface area contributed by atoms with E-state index in [1.807, 2.05) is 23.0 Å². The van der Waals surface area contributed by atoms with E-state index in [-0.39, 0.29) is 5.82 Å². The Hall–Kier alpha value is -1.95. The van der Waals surface area contributed by atoms with Crippen LogP contribution in [0.3, 0.4) is 0 Å². The Morgan fingerprint density at radius 2 is 1.92 bits per heavy atom. The molecule has 0 aliphatic rings. The molecule has 130 valence electrons. The second-order valence-corrected chi connectivity index (χ2v) is 7.54. The van der Waals surface area contributed by atoms with Crippen molar-refractivity contribution in [3.8, 4) is 11.5 Å². The second-order valence-electron chi connectivity index (χ2n) is 5.78. The lowest BCUT2D eigenvalue weighted by molar-refractivity contribution is -0.688. The molecule has 2 heterocycles. The van der Waals surface area contributed by atoms with Crippen molar-refractivity contribution < 1.29 is 13.4 Å². The molecule has 26 heavy (non-hydrogen) atoms. The number of nitrogens with zero attached hydrogens (tertiary/aromatic N) is 2. The zero-order chi connectivity index (χ0) is 18.3. The van der Waals surface area contributed by atoms with Crippen LogP contribution in [0.4, 0.5) is 4.39 Å². The second kappa shape index (κ2) is 6.99. The van der Waals surface area contributed by atoms with Crippen LogP contribution in [0.15, 0.2) is 63.7 Å². The number of pyridine rings is 1. The van der Waals surface area contributed by atoms with Crippen molar-refractivity contribution in [3.63, 3.8) is 0 Å². The number of halogens is 4. The van der Waals surface area contributed by atoms with Crippen molar-refractivity contribution in [1.29, 1.82) is 0 Å². The van der Waals surface area contributed by atoms with E-state index in [1.165, 1.54) is 12.1 Å². The summed E-state index contributed by atoms with van der Waals surface area (Å²) in [6.07, 6.45) is 3.81. The fraction of sp³-hybridized carbons (Fsp3) is 0.0526. The lowest BCUT2D eigenvalue weighted by Crippen LogP contribution is -2.34. The van der Waals surface area contributed by atoms with Gasteiger partial charge in [0, 0.05) is 10.6 Å². The third-order valence-electron chi connectivity index (χ3n) is 3.85. The molecule has 0 saturated carbocycles. The van der Waals surface area contributed by atoms with Gasteiger partial charge in [0.15, 0.2) is 24.5 Å². The van der Waals surface area contributed by atoms with Gasteiger partial charge in [-0.1, -0.05) is 23.2 Å². The Kier molecular flexibility index (Phi) is 4.69. The average Bonchev–Trinajstić information content (AvgIpc) is 3.00. The molecule has 0 spiro atoms. The van der Waals surface area contributed by atoms with Crippen LogP contribution in [0.5, 0.6) is 0 Å². The molecule has 7 heteroatoms. The zero-order valence-corrected chi connectivity index (χ0v) is 16.3. The van der Waals surface area contributed by atoms with Gasteiger partial charge >= 0.3 is 0 Å². The molecule has 0 radical (unpaired) electrons. The molecule has 0 amide bonds. The largest absolute Gasteiger partial charge is 0.436 e. The maximum Gasteiger partial charge on any atom is 0.233 e. The first-order valence-corrected chi connectivity index (χ1v) is 9.23. The molecule has 0 aliphatic carbocycles. The van der Waals surface area contributed by atoms with E-state index in [0.717, 1.165) is 15.6 Å². The van der Waals surface area contributed by atoms with Gasteiger partial charge in [0.2, 0.25) is 5.89 Å². The molecule has 3 nitrogen and oxygen atoms in total. The molecule has 0 fully saturated rings. The molecule has 4 aromatic rings. The van der Waals surface area contributed by atoms with Crippen LogP contribution in [0.2, 0.25) is 10.0 Å². The van der Waals surface area contributed by atoms with Crippen LogP contribution in [-0.4, -0.2) is 4.98 Å². The molecule has 0 atom stereocenters. The van der Waals surface area contributed by atoms with Gasteiger partial charge in [0.25, 0.3) is 0 Å². The maximum absolute atomic E-state index is 13.2. The lowest BCUT2D eigenvalue weighted by Gasteiger charge is -2.03. The molecule has 0 N–H and O–H groups in total. The van der Waals surface area contributed by atoms with Crippen molar-refractivity contribution in [2.24, 2.45) is 0 Å². The van der Waals surface area contributed by atoms with Crippen LogP contribution in [0.1, 0.15) is 5.56 Å². The third-order valence-corrected chi connectivity index (χ3v) is 4.87. The zero-order valence-electron chi connectivity index (χ0n) is 13.2. The highest BCUT2D eigenvalue weighted by molar-refractivity contribution is 9.10. The number of fused-ring (bicyclic) bond motifs is 1. The lowest BCUT2D eigenvalue weighted by atomic mass is 10.2. The van der Waals surface area contributed by atoms with Crippen molar-refractivity contribution >= 4 is 50.2 Å². The number of rotatable bonds is 3. The number of hydrogen-bond acceptors (Lipinski definition) is 2. The average molecular weight is 453 g/mol. The predicted molar refractivity (Wildman–Crippen MR) is 103 cm³/mol. The smallest absolute Gasteiger partial charge is 0.233 e. The van der Waals surface area contributed by atoms with Gasteiger partial charge in [-0.2, -0.15) is 4.57 Å². The van der Waals surface area contributed by atoms with Crippen molar-refractivity contribution in [2.45, 2.75) is 6.54 Å². The van der Waals surface area contributed by atoms with Gasteiger partial charge in [0.1, 0.15) is 16.9 Å². The van der Waals surface area contributed by atoms with Gasteiger partial charge in [-0.05, 0) is 58.4 Å². The van der Waals surface area contributed by atoms with Gasteiger partial charge in [0.05, 0.1) is 9.50 Å². The normalized spacial score (nSPS) is 11.2. The van der Waals surface area contributed by atoms with E-state index < -0.39 is 0 Å². The molecule has 0 aliphatic heterocycles. The first-order valence-electron chi connectivity index (χ1n) is 7.68. The Morgan fingerprint density at radius 3 is 2.73 bits per heavy atom. The molecule has 0 saturated heterocycles. The monoisotopic (exact) mass is 451 g/mol. The molecule has 2 aromatic carbocycles. The Labute approximate surface area is 167 Å². The summed E-state index contributed by atoms with van der Waals surface area (Å²) >= 11 is 15.6. The quantitative estimate of drug-likeness (QED) is 0.354. The molecule has 4 rings (SSSR count). The van der Waals surface area contributed by atoms with Crippen molar-refractivity contribution in [3.05, 3.63) is 80.8 Å². The predicted octanol–water partition coefficient (Wildman–Crippen LogP) is 6.04. The number of oxazole rings is 1. The van der Waals surface area contributed by atoms with E-state index in [4.69, 9.17) is 27.6 Å². The minimum Gasteiger partial charge on any atom is -0.436 e. The topological polar surface area (TPSA) is 29.9 Å². The summed E-state index contributed by atoms with van der Waals surface area (Å²) in [4.78, 5) is 4.50. The van der Waals surface area contributed by atoms with E-state index in [9.17, 15) is 4.39 Å². The summed E-state index contributed by atoms with van der Waals surface area (Å²) in [6, 6.07) is 11.6. The summed E-state index contributed by atoms with van der Waals surface area (Å²) in [5, 5.41) is 0.989.